The molecular formula is C15H24N2O2S. The van der Waals surface area contributed by atoms with E-state index >= 15 is 0 Å². The van der Waals surface area contributed by atoms with Crippen molar-refractivity contribution in [2.24, 2.45) is 0 Å². The van der Waals surface area contributed by atoms with Crippen molar-refractivity contribution in [3.8, 4) is 0 Å². The summed E-state index contributed by atoms with van der Waals surface area (Å²) in [4.78, 5) is 0.381. The van der Waals surface area contributed by atoms with Gasteiger partial charge < -0.3 is 5.32 Å². The van der Waals surface area contributed by atoms with E-state index in [1.807, 2.05) is 12.1 Å². The van der Waals surface area contributed by atoms with Crippen molar-refractivity contribution < 1.29 is 8.42 Å². The van der Waals surface area contributed by atoms with Crippen LogP contribution in [-0.4, -0.2) is 32.4 Å². The average molecular weight is 296 g/mol. The first-order valence-corrected chi connectivity index (χ1v) is 8.76. The summed E-state index contributed by atoms with van der Waals surface area (Å²) in [6, 6.07) is 7.88. The fourth-order valence-electron chi connectivity index (χ4n) is 2.01. The predicted molar refractivity (Wildman–Crippen MR) is 81.0 cm³/mol. The first-order chi connectivity index (χ1) is 9.54. The van der Waals surface area contributed by atoms with Gasteiger partial charge in [0.2, 0.25) is 10.0 Å². The van der Waals surface area contributed by atoms with Crippen LogP contribution in [0.1, 0.15) is 38.2 Å². The molecule has 1 aliphatic rings. The van der Waals surface area contributed by atoms with Gasteiger partial charge in [0.1, 0.15) is 0 Å². The number of rotatable bonds is 8. The van der Waals surface area contributed by atoms with Crippen molar-refractivity contribution in [3.63, 3.8) is 0 Å². The second kappa shape index (κ2) is 6.70. The standard InChI is InChI=1S/C15H24N2O2S/c1-3-4-11-17(2)20(18,19)15-9-5-13(6-10-15)12-16-14-7-8-14/h5-6,9-10,14,16H,3-4,7-8,11-12H2,1-2H3. The van der Waals surface area contributed by atoms with Crippen molar-refractivity contribution in [1.29, 1.82) is 0 Å². The third-order valence-corrected chi connectivity index (χ3v) is 5.50. The predicted octanol–water partition coefficient (Wildman–Crippen LogP) is 2.36. The Balaban J connectivity index is 1.99. The molecule has 1 fully saturated rings. The van der Waals surface area contributed by atoms with Gasteiger partial charge in [0, 0.05) is 26.2 Å². The zero-order valence-corrected chi connectivity index (χ0v) is 13.1. The number of benzene rings is 1. The van der Waals surface area contributed by atoms with Gasteiger partial charge in [-0.25, -0.2) is 12.7 Å². The molecule has 0 bridgehead atoms. The van der Waals surface area contributed by atoms with Crippen LogP contribution in [-0.2, 0) is 16.6 Å². The lowest BCUT2D eigenvalue weighted by Gasteiger charge is -2.17. The molecule has 0 atom stereocenters. The summed E-state index contributed by atoms with van der Waals surface area (Å²) >= 11 is 0. The van der Waals surface area contributed by atoms with Gasteiger partial charge in [0.15, 0.2) is 0 Å². The molecule has 0 unspecified atom stereocenters. The van der Waals surface area contributed by atoms with Crippen LogP contribution >= 0.6 is 0 Å². The van der Waals surface area contributed by atoms with Crippen LogP contribution in [0.15, 0.2) is 29.2 Å². The van der Waals surface area contributed by atoms with Crippen LogP contribution < -0.4 is 5.32 Å². The topological polar surface area (TPSA) is 49.4 Å². The van der Waals surface area contributed by atoms with E-state index < -0.39 is 10.0 Å². The molecule has 20 heavy (non-hydrogen) atoms. The molecular weight excluding hydrogens is 272 g/mol. The third kappa shape index (κ3) is 4.04. The highest BCUT2D eigenvalue weighted by atomic mass is 32.2. The Morgan fingerprint density at radius 2 is 1.90 bits per heavy atom. The van der Waals surface area contributed by atoms with Gasteiger partial charge in [-0.1, -0.05) is 25.5 Å². The van der Waals surface area contributed by atoms with E-state index in [1.54, 1.807) is 19.2 Å². The monoisotopic (exact) mass is 296 g/mol. The third-order valence-electron chi connectivity index (χ3n) is 3.63. The minimum atomic E-state index is -3.33. The highest BCUT2D eigenvalue weighted by Gasteiger charge is 2.21. The van der Waals surface area contributed by atoms with Gasteiger partial charge in [-0.2, -0.15) is 0 Å². The first-order valence-electron chi connectivity index (χ1n) is 7.32. The summed E-state index contributed by atoms with van der Waals surface area (Å²) in [6.45, 7) is 3.45. The normalized spacial score (nSPS) is 15.8. The minimum absolute atomic E-state index is 0.381. The summed E-state index contributed by atoms with van der Waals surface area (Å²) in [6.07, 6.45) is 4.40. The Morgan fingerprint density at radius 1 is 1.25 bits per heavy atom. The molecule has 1 aliphatic carbocycles. The fraction of sp³-hybridized carbons (Fsp3) is 0.600. The van der Waals surface area contributed by atoms with Crippen LogP contribution in [0.5, 0.6) is 0 Å². The smallest absolute Gasteiger partial charge is 0.242 e. The van der Waals surface area contributed by atoms with E-state index in [0.29, 0.717) is 17.5 Å². The van der Waals surface area contributed by atoms with Gasteiger partial charge in [-0.3, -0.25) is 0 Å². The van der Waals surface area contributed by atoms with E-state index in [0.717, 1.165) is 24.9 Å². The summed E-state index contributed by atoms with van der Waals surface area (Å²) in [5.41, 5.74) is 1.13. The molecule has 1 saturated carbocycles. The largest absolute Gasteiger partial charge is 0.310 e. The Kier molecular flexibility index (Phi) is 5.18. The quantitative estimate of drug-likeness (QED) is 0.801. The molecule has 0 amide bonds. The maximum atomic E-state index is 12.3. The molecule has 0 aliphatic heterocycles. The zero-order valence-electron chi connectivity index (χ0n) is 12.3. The van der Waals surface area contributed by atoms with Crippen LogP contribution in [0.2, 0.25) is 0 Å². The van der Waals surface area contributed by atoms with Gasteiger partial charge >= 0.3 is 0 Å². The summed E-state index contributed by atoms with van der Waals surface area (Å²) < 4.78 is 26.1. The molecule has 0 radical (unpaired) electrons. The van der Waals surface area contributed by atoms with Crippen LogP contribution in [0.3, 0.4) is 0 Å². The zero-order chi connectivity index (χ0) is 14.6. The Bertz CT molecular complexity index is 521. The summed E-state index contributed by atoms with van der Waals surface area (Å²) in [5, 5.41) is 3.42. The second-order valence-electron chi connectivity index (χ2n) is 5.48. The van der Waals surface area contributed by atoms with E-state index in [4.69, 9.17) is 0 Å². The van der Waals surface area contributed by atoms with Crippen molar-refractivity contribution in [1.82, 2.24) is 9.62 Å². The summed E-state index contributed by atoms with van der Waals surface area (Å²) in [5.74, 6) is 0. The van der Waals surface area contributed by atoms with Gasteiger partial charge in [0.25, 0.3) is 0 Å². The Morgan fingerprint density at radius 3 is 2.45 bits per heavy atom. The van der Waals surface area contributed by atoms with Gasteiger partial charge in [-0.05, 0) is 37.0 Å². The molecule has 112 valence electrons. The maximum Gasteiger partial charge on any atom is 0.242 e. The average Bonchev–Trinajstić information content (AvgIpc) is 3.27. The maximum absolute atomic E-state index is 12.3. The van der Waals surface area contributed by atoms with Crippen LogP contribution in [0.4, 0.5) is 0 Å². The lowest BCUT2D eigenvalue weighted by molar-refractivity contribution is 0.459. The number of nitrogens with one attached hydrogen (secondary N) is 1. The van der Waals surface area contributed by atoms with E-state index in [9.17, 15) is 8.42 Å². The molecule has 1 N–H and O–H groups in total. The number of hydrogen-bond acceptors (Lipinski definition) is 3. The highest BCUT2D eigenvalue weighted by Crippen LogP contribution is 2.20. The highest BCUT2D eigenvalue weighted by molar-refractivity contribution is 7.89. The molecule has 0 saturated heterocycles. The van der Waals surface area contributed by atoms with Gasteiger partial charge in [0.05, 0.1) is 4.90 Å². The lowest BCUT2D eigenvalue weighted by atomic mass is 10.2. The second-order valence-corrected chi connectivity index (χ2v) is 7.52. The molecule has 5 heteroatoms. The van der Waals surface area contributed by atoms with Crippen LogP contribution in [0, 0.1) is 0 Å². The molecule has 2 rings (SSSR count). The number of sulfonamides is 1. The number of hydrogen-bond donors (Lipinski definition) is 1. The Labute approximate surface area is 122 Å². The van der Waals surface area contributed by atoms with Crippen molar-refractivity contribution in [2.45, 2.75) is 50.1 Å². The van der Waals surface area contributed by atoms with E-state index in [1.165, 1.54) is 17.1 Å². The number of nitrogens with zero attached hydrogens (tertiary/aromatic N) is 1. The first kappa shape index (κ1) is 15.5. The fourth-order valence-corrected chi connectivity index (χ4v) is 3.22. The SMILES string of the molecule is CCCCN(C)S(=O)(=O)c1ccc(CNC2CC2)cc1. The van der Waals surface area contributed by atoms with Crippen LogP contribution in [0.25, 0.3) is 0 Å². The van der Waals surface area contributed by atoms with Crippen molar-refractivity contribution >= 4 is 10.0 Å². The molecule has 1 aromatic carbocycles. The van der Waals surface area contributed by atoms with Crippen molar-refractivity contribution in [3.05, 3.63) is 29.8 Å². The summed E-state index contributed by atoms with van der Waals surface area (Å²) in [7, 11) is -1.69. The van der Waals surface area contributed by atoms with Gasteiger partial charge in [-0.15, -0.1) is 0 Å². The van der Waals surface area contributed by atoms with E-state index in [2.05, 4.69) is 12.2 Å². The number of unbranched alkanes of at least 4 members (excludes halogenated alkanes) is 1. The lowest BCUT2D eigenvalue weighted by Crippen LogP contribution is -2.27. The molecule has 0 spiro atoms. The molecule has 1 aromatic rings. The molecule has 0 heterocycles. The Hall–Kier alpha value is -0.910. The van der Waals surface area contributed by atoms with E-state index in [-0.39, 0.29) is 0 Å². The van der Waals surface area contributed by atoms with Crippen molar-refractivity contribution in [2.75, 3.05) is 13.6 Å². The molecule has 4 nitrogen and oxygen atoms in total. The molecule has 0 aromatic heterocycles. The minimum Gasteiger partial charge on any atom is -0.310 e.